The zero-order chi connectivity index (χ0) is 22.7. The molecule has 1 aromatic heterocycles. The van der Waals surface area contributed by atoms with Gasteiger partial charge in [0.25, 0.3) is 0 Å². The Hall–Kier alpha value is -2.76. The van der Waals surface area contributed by atoms with Gasteiger partial charge in [-0.05, 0) is 42.0 Å². The molecular weight excluding hydrogens is 458 g/mol. The quantitative estimate of drug-likeness (QED) is 0.551. The topological polar surface area (TPSA) is 86.4 Å². The number of imidazole rings is 1. The number of sulfonamides is 1. The van der Waals surface area contributed by atoms with Crippen molar-refractivity contribution in [2.24, 2.45) is 0 Å². The number of nitrogens with zero attached hydrogens (tertiary/aromatic N) is 3. The molecule has 168 valence electrons. The van der Waals surface area contributed by atoms with Crippen molar-refractivity contribution < 1.29 is 22.0 Å². The highest BCUT2D eigenvalue weighted by Gasteiger charge is 2.31. The van der Waals surface area contributed by atoms with E-state index < -0.39 is 15.8 Å². The van der Waals surface area contributed by atoms with E-state index in [1.807, 2.05) is 0 Å². The van der Waals surface area contributed by atoms with E-state index in [1.165, 1.54) is 46.4 Å². The highest BCUT2D eigenvalue weighted by atomic mass is 32.2. The van der Waals surface area contributed by atoms with E-state index in [0.29, 0.717) is 10.9 Å². The molecule has 11 heteroatoms. The molecular formula is C21H20F2N4O3S2. The number of H-pyrrole nitrogens is 1. The zero-order valence-electron chi connectivity index (χ0n) is 16.9. The monoisotopic (exact) mass is 478 g/mol. The Labute approximate surface area is 188 Å². The van der Waals surface area contributed by atoms with E-state index in [1.54, 1.807) is 23.2 Å². The Morgan fingerprint density at radius 1 is 1.03 bits per heavy atom. The van der Waals surface area contributed by atoms with Gasteiger partial charge in [0, 0.05) is 26.2 Å². The maximum atomic E-state index is 13.9. The minimum Gasteiger partial charge on any atom is -0.339 e. The van der Waals surface area contributed by atoms with Gasteiger partial charge in [0.05, 0.1) is 17.6 Å². The molecule has 0 saturated carbocycles. The van der Waals surface area contributed by atoms with Gasteiger partial charge in [-0.3, -0.25) is 4.79 Å². The maximum absolute atomic E-state index is 13.9. The van der Waals surface area contributed by atoms with Gasteiger partial charge in [-0.1, -0.05) is 23.9 Å². The van der Waals surface area contributed by atoms with Crippen molar-refractivity contribution in [1.82, 2.24) is 19.2 Å². The van der Waals surface area contributed by atoms with Crippen molar-refractivity contribution in [2.45, 2.75) is 10.1 Å². The van der Waals surface area contributed by atoms with Gasteiger partial charge < -0.3 is 9.88 Å². The fourth-order valence-corrected chi connectivity index (χ4v) is 5.58. The summed E-state index contributed by atoms with van der Waals surface area (Å²) in [4.78, 5) is 21.1. The van der Waals surface area contributed by atoms with E-state index in [0.717, 1.165) is 11.6 Å². The van der Waals surface area contributed by atoms with E-state index in [-0.39, 0.29) is 48.6 Å². The summed E-state index contributed by atoms with van der Waals surface area (Å²) in [5.41, 5.74) is 1.50. The molecule has 0 aliphatic carbocycles. The number of aromatic nitrogens is 2. The number of nitrogens with one attached hydrogen (secondary N) is 1. The predicted octanol–water partition coefficient (Wildman–Crippen LogP) is 2.98. The van der Waals surface area contributed by atoms with Crippen LogP contribution in [0.5, 0.6) is 0 Å². The standard InChI is InChI=1S/C21H20F2N4O3S2/c22-16-7-5-15(6-8-16)18-13-24-21(25-18)31-14-20(28)26-9-11-27(12-10-26)32(29,30)19-4-2-1-3-17(19)23/h1-8,13H,9-12,14H2,(H,24,25). The van der Waals surface area contributed by atoms with Gasteiger partial charge in [0.15, 0.2) is 5.16 Å². The molecule has 3 aromatic rings. The molecule has 2 aromatic carbocycles. The average molecular weight is 479 g/mol. The number of rotatable bonds is 6. The smallest absolute Gasteiger partial charge is 0.246 e. The fraction of sp³-hybridized carbons (Fsp3) is 0.238. The van der Waals surface area contributed by atoms with E-state index in [2.05, 4.69) is 9.97 Å². The number of aromatic amines is 1. The highest BCUT2D eigenvalue weighted by Crippen LogP contribution is 2.23. The Balaban J connectivity index is 1.31. The van der Waals surface area contributed by atoms with Crippen molar-refractivity contribution in [3.05, 3.63) is 66.4 Å². The molecule has 1 fully saturated rings. The summed E-state index contributed by atoms with van der Waals surface area (Å²) in [6.07, 6.45) is 1.62. The van der Waals surface area contributed by atoms with Crippen LogP contribution in [0.3, 0.4) is 0 Å². The number of piperazine rings is 1. The number of thioether (sulfide) groups is 1. The van der Waals surface area contributed by atoms with Crippen molar-refractivity contribution in [3.8, 4) is 11.3 Å². The van der Waals surface area contributed by atoms with Crippen molar-refractivity contribution in [3.63, 3.8) is 0 Å². The van der Waals surface area contributed by atoms with Crippen LogP contribution < -0.4 is 0 Å². The predicted molar refractivity (Wildman–Crippen MR) is 116 cm³/mol. The second-order valence-corrected chi connectivity index (χ2v) is 9.98. The molecule has 1 aliphatic rings. The molecule has 7 nitrogen and oxygen atoms in total. The number of amides is 1. The van der Waals surface area contributed by atoms with Crippen LogP contribution in [0.25, 0.3) is 11.3 Å². The zero-order valence-corrected chi connectivity index (χ0v) is 18.5. The molecule has 1 saturated heterocycles. The van der Waals surface area contributed by atoms with E-state index >= 15 is 0 Å². The SMILES string of the molecule is O=C(CSc1ncc(-c2ccc(F)cc2)[nH]1)N1CCN(S(=O)(=O)c2ccccc2F)CC1. The van der Waals surface area contributed by atoms with Gasteiger partial charge >= 0.3 is 0 Å². The molecule has 0 radical (unpaired) electrons. The highest BCUT2D eigenvalue weighted by molar-refractivity contribution is 7.99. The third-order valence-corrected chi connectivity index (χ3v) is 7.89. The number of carbonyl (C=O) groups is 1. The Kier molecular flexibility index (Phi) is 6.58. The summed E-state index contributed by atoms with van der Waals surface area (Å²) in [6.45, 7) is 0.656. The van der Waals surface area contributed by atoms with Crippen LogP contribution in [0, 0.1) is 11.6 Å². The van der Waals surface area contributed by atoms with Crippen LogP contribution in [0.4, 0.5) is 8.78 Å². The lowest BCUT2D eigenvalue weighted by atomic mass is 10.2. The molecule has 0 unspecified atom stereocenters. The molecule has 0 bridgehead atoms. The van der Waals surface area contributed by atoms with Crippen molar-refractivity contribution >= 4 is 27.7 Å². The second kappa shape index (κ2) is 9.39. The summed E-state index contributed by atoms with van der Waals surface area (Å²) < 4.78 is 53.6. The molecule has 4 rings (SSSR count). The molecule has 1 amide bonds. The third kappa shape index (κ3) is 4.84. The average Bonchev–Trinajstić information content (AvgIpc) is 3.27. The number of halogens is 2. The summed E-state index contributed by atoms with van der Waals surface area (Å²) in [5.74, 6) is -1.12. The molecule has 0 atom stereocenters. The second-order valence-electron chi connectivity index (χ2n) is 7.11. The Morgan fingerprint density at radius 3 is 2.41 bits per heavy atom. The summed E-state index contributed by atoms with van der Waals surface area (Å²) in [6, 6.07) is 11.3. The third-order valence-electron chi connectivity index (χ3n) is 5.09. The van der Waals surface area contributed by atoms with Crippen molar-refractivity contribution in [1.29, 1.82) is 0 Å². The first kappa shape index (κ1) is 22.4. The maximum Gasteiger partial charge on any atom is 0.246 e. The lowest BCUT2D eigenvalue weighted by molar-refractivity contribution is -0.129. The van der Waals surface area contributed by atoms with Crippen LogP contribution in [0.1, 0.15) is 0 Å². The molecule has 1 N–H and O–H groups in total. The summed E-state index contributed by atoms with van der Waals surface area (Å²) >= 11 is 1.23. The first-order valence-electron chi connectivity index (χ1n) is 9.81. The lowest BCUT2D eigenvalue weighted by Gasteiger charge is -2.34. The minimum atomic E-state index is -3.95. The first-order chi connectivity index (χ1) is 15.3. The van der Waals surface area contributed by atoms with E-state index in [4.69, 9.17) is 0 Å². The van der Waals surface area contributed by atoms with Crippen LogP contribution in [-0.4, -0.2) is 65.4 Å². The molecule has 0 spiro atoms. The summed E-state index contributed by atoms with van der Waals surface area (Å²) in [5, 5.41) is 0.554. The normalized spacial score (nSPS) is 15.1. The Morgan fingerprint density at radius 2 is 1.72 bits per heavy atom. The van der Waals surface area contributed by atoms with Crippen LogP contribution in [-0.2, 0) is 14.8 Å². The van der Waals surface area contributed by atoms with Gasteiger partial charge in [0.1, 0.15) is 16.5 Å². The minimum absolute atomic E-state index is 0.0997. The molecule has 2 heterocycles. The Bertz CT molecular complexity index is 1210. The fourth-order valence-electron chi connectivity index (χ4n) is 3.34. The van der Waals surface area contributed by atoms with Gasteiger partial charge in [-0.25, -0.2) is 22.2 Å². The largest absolute Gasteiger partial charge is 0.339 e. The van der Waals surface area contributed by atoms with Crippen LogP contribution in [0.2, 0.25) is 0 Å². The number of hydrogen-bond acceptors (Lipinski definition) is 5. The van der Waals surface area contributed by atoms with E-state index in [9.17, 15) is 22.0 Å². The molecule has 1 aliphatic heterocycles. The van der Waals surface area contributed by atoms with Crippen LogP contribution >= 0.6 is 11.8 Å². The molecule has 32 heavy (non-hydrogen) atoms. The number of hydrogen-bond donors (Lipinski definition) is 1. The number of carbonyl (C=O) groups excluding carboxylic acids is 1. The summed E-state index contributed by atoms with van der Waals surface area (Å²) in [7, 11) is -3.95. The van der Waals surface area contributed by atoms with Crippen LogP contribution in [0.15, 0.2) is 64.8 Å². The van der Waals surface area contributed by atoms with Crippen molar-refractivity contribution in [2.75, 3.05) is 31.9 Å². The lowest BCUT2D eigenvalue weighted by Crippen LogP contribution is -2.51. The van der Waals surface area contributed by atoms with Gasteiger partial charge in [0.2, 0.25) is 15.9 Å². The van der Waals surface area contributed by atoms with Gasteiger partial charge in [-0.2, -0.15) is 4.31 Å². The van der Waals surface area contributed by atoms with Gasteiger partial charge in [-0.15, -0.1) is 0 Å². The number of benzene rings is 2. The first-order valence-corrected chi connectivity index (χ1v) is 12.2.